The summed E-state index contributed by atoms with van der Waals surface area (Å²) in [4.78, 5) is 10.1. The highest BCUT2D eigenvalue weighted by Crippen LogP contribution is 2.35. The highest BCUT2D eigenvalue weighted by Gasteiger charge is 2.32. The minimum atomic E-state index is -4.62. The Kier molecular flexibility index (Phi) is 4.70. The molecule has 2 rings (SSSR count). The van der Waals surface area contributed by atoms with E-state index < -0.39 is 22.4 Å². The summed E-state index contributed by atoms with van der Waals surface area (Å²) in [5.74, 6) is 0. The summed E-state index contributed by atoms with van der Waals surface area (Å²) >= 11 is 3.28. The van der Waals surface area contributed by atoms with Gasteiger partial charge in [0.25, 0.3) is 5.69 Å². The van der Waals surface area contributed by atoms with Crippen molar-refractivity contribution in [2.45, 2.75) is 12.7 Å². The van der Waals surface area contributed by atoms with Crippen LogP contribution in [0, 0.1) is 10.1 Å². The molecule has 0 heterocycles. The maximum absolute atomic E-state index is 12.6. The van der Waals surface area contributed by atoms with Gasteiger partial charge in [0.15, 0.2) is 0 Å². The van der Waals surface area contributed by atoms with Crippen LogP contribution in [0.15, 0.2) is 46.9 Å². The highest BCUT2D eigenvalue weighted by atomic mass is 79.9. The molecule has 0 atom stereocenters. The van der Waals surface area contributed by atoms with Crippen molar-refractivity contribution in [3.05, 3.63) is 68.2 Å². The fraction of sp³-hybridized carbons (Fsp3) is 0.143. The Morgan fingerprint density at radius 3 is 2.32 bits per heavy atom. The summed E-state index contributed by atoms with van der Waals surface area (Å²) in [6.45, 7) is 0.263. The molecule has 1 N–H and O–H groups in total. The summed E-state index contributed by atoms with van der Waals surface area (Å²) in [6.07, 6.45) is -4.62. The van der Waals surface area contributed by atoms with Gasteiger partial charge in [-0.05, 0) is 29.8 Å². The standard InChI is InChI=1S/C14H10BrF3N2O2/c15-11-4-1-9(2-5-11)8-19-12-6-3-10(14(16,17)18)7-13(12)20(21)22/h1-7,19H,8H2. The fourth-order valence-corrected chi connectivity index (χ4v) is 2.07. The number of nitro benzene ring substituents is 1. The van der Waals surface area contributed by atoms with Crippen molar-refractivity contribution in [3.63, 3.8) is 0 Å². The van der Waals surface area contributed by atoms with Crippen molar-refractivity contribution in [2.75, 3.05) is 5.32 Å². The van der Waals surface area contributed by atoms with Crippen molar-refractivity contribution < 1.29 is 18.1 Å². The predicted octanol–water partition coefficient (Wildman–Crippen LogP) is 4.99. The lowest BCUT2D eigenvalue weighted by atomic mass is 10.1. The van der Waals surface area contributed by atoms with Crippen molar-refractivity contribution in [1.82, 2.24) is 0 Å². The minimum absolute atomic E-state index is 0.0425. The van der Waals surface area contributed by atoms with Crippen LogP contribution >= 0.6 is 15.9 Å². The highest BCUT2D eigenvalue weighted by molar-refractivity contribution is 9.10. The first-order chi connectivity index (χ1) is 10.3. The van der Waals surface area contributed by atoms with Crippen molar-refractivity contribution in [1.29, 1.82) is 0 Å². The number of nitro groups is 1. The second-order valence-electron chi connectivity index (χ2n) is 4.47. The number of rotatable bonds is 4. The molecule has 0 aromatic heterocycles. The van der Waals surface area contributed by atoms with Crippen molar-refractivity contribution in [3.8, 4) is 0 Å². The van der Waals surface area contributed by atoms with Gasteiger partial charge in [-0.3, -0.25) is 10.1 Å². The van der Waals surface area contributed by atoms with E-state index >= 15 is 0 Å². The third-order valence-electron chi connectivity index (χ3n) is 2.92. The maximum atomic E-state index is 12.6. The van der Waals surface area contributed by atoms with Gasteiger partial charge < -0.3 is 5.32 Å². The second kappa shape index (κ2) is 6.35. The normalized spacial score (nSPS) is 11.3. The van der Waals surface area contributed by atoms with Gasteiger partial charge in [0, 0.05) is 17.1 Å². The minimum Gasteiger partial charge on any atom is -0.375 e. The number of nitrogens with zero attached hydrogens (tertiary/aromatic N) is 1. The molecule has 0 saturated heterocycles. The predicted molar refractivity (Wildman–Crippen MR) is 79.6 cm³/mol. The monoisotopic (exact) mass is 374 g/mol. The smallest absolute Gasteiger partial charge is 0.375 e. The summed E-state index contributed by atoms with van der Waals surface area (Å²) in [6, 6.07) is 9.62. The molecule has 0 unspecified atom stereocenters. The van der Waals surface area contributed by atoms with Gasteiger partial charge in [-0.2, -0.15) is 13.2 Å². The molecular formula is C14H10BrF3N2O2. The van der Waals surface area contributed by atoms with E-state index in [1.54, 1.807) is 24.3 Å². The Bertz CT molecular complexity index is 687. The number of alkyl halides is 3. The van der Waals surface area contributed by atoms with Crippen LogP contribution < -0.4 is 5.32 Å². The summed E-state index contributed by atoms with van der Waals surface area (Å²) in [7, 11) is 0. The molecule has 0 aliphatic rings. The van der Waals surface area contributed by atoms with Crippen molar-refractivity contribution in [2.24, 2.45) is 0 Å². The fourth-order valence-electron chi connectivity index (χ4n) is 1.81. The van der Waals surface area contributed by atoms with Crippen LogP contribution in [0.4, 0.5) is 24.5 Å². The molecule has 0 aliphatic heterocycles. The van der Waals surface area contributed by atoms with E-state index in [1.807, 2.05) is 0 Å². The molecule has 22 heavy (non-hydrogen) atoms. The van der Waals surface area contributed by atoms with Crippen LogP contribution in [0.5, 0.6) is 0 Å². The lowest BCUT2D eigenvalue weighted by Gasteiger charge is -2.10. The van der Waals surface area contributed by atoms with E-state index in [1.165, 1.54) is 0 Å². The lowest BCUT2D eigenvalue weighted by Crippen LogP contribution is -2.08. The average Bonchev–Trinajstić information content (AvgIpc) is 2.45. The first kappa shape index (κ1) is 16.3. The quantitative estimate of drug-likeness (QED) is 0.605. The van der Waals surface area contributed by atoms with Gasteiger partial charge in [-0.1, -0.05) is 28.1 Å². The molecule has 8 heteroatoms. The first-order valence-corrected chi connectivity index (χ1v) is 6.90. The number of nitrogens with one attached hydrogen (secondary N) is 1. The Balaban J connectivity index is 2.23. The van der Waals surface area contributed by atoms with Crippen LogP contribution in [0.2, 0.25) is 0 Å². The maximum Gasteiger partial charge on any atom is 0.416 e. The molecule has 0 saturated carbocycles. The summed E-state index contributed by atoms with van der Waals surface area (Å²) in [5, 5.41) is 13.7. The summed E-state index contributed by atoms with van der Waals surface area (Å²) in [5.41, 5.74) is -0.765. The van der Waals surface area contributed by atoms with Gasteiger partial charge >= 0.3 is 6.18 Å². The van der Waals surface area contributed by atoms with E-state index in [-0.39, 0.29) is 12.2 Å². The number of halogens is 4. The van der Waals surface area contributed by atoms with Gasteiger partial charge in [0.05, 0.1) is 10.5 Å². The molecular weight excluding hydrogens is 365 g/mol. The SMILES string of the molecule is O=[N+]([O-])c1cc(C(F)(F)F)ccc1NCc1ccc(Br)cc1. The van der Waals surface area contributed by atoms with E-state index in [9.17, 15) is 23.3 Å². The molecule has 116 valence electrons. The Labute approximate surface area is 132 Å². The Morgan fingerprint density at radius 1 is 1.14 bits per heavy atom. The molecule has 0 radical (unpaired) electrons. The second-order valence-corrected chi connectivity index (χ2v) is 5.38. The molecule has 0 amide bonds. The molecule has 0 fully saturated rings. The average molecular weight is 375 g/mol. The Morgan fingerprint density at radius 2 is 1.77 bits per heavy atom. The number of hydrogen-bond donors (Lipinski definition) is 1. The zero-order valence-electron chi connectivity index (χ0n) is 11.0. The molecule has 4 nitrogen and oxygen atoms in total. The number of hydrogen-bond acceptors (Lipinski definition) is 3. The van der Waals surface area contributed by atoms with Crippen LogP contribution in [0.25, 0.3) is 0 Å². The molecule has 2 aromatic rings. The number of anilines is 1. The van der Waals surface area contributed by atoms with Crippen LogP contribution in [-0.4, -0.2) is 4.92 Å². The summed E-state index contributed by atoms with van der Waals surface area (Å²) < 4.78 is 38.7. The van der Waals surface area contributed by atoms with E-state index in [2.05, 4.69) is 21.2 Å². The number of benzene rings is 2. The van der Waals surface area contributed by atoms with Crippen LogP contribution in [0.1, 0.15) is 11.1 Å². The van der Waals surface area contributed by atoms with E-state index in [0.717, 1.165) is 22.2 Å². The van der Waals surface area contributed by atoms with E-state index in [4.69, 9.17) is 0 Å². The molecule has 0 spiro atoms. The van der Waals surface area contributed by atoms with Gasteiger partial charge in [-0.25, -0.2) is 0 Å². The topological polar surface area (TPSA) is 55.2 Å². The van der Waals surface area contributed by atoms with Gasteiger partial charge in [-0.15, -0.1) is 0 Å². The van der Waals surface area contributed by atoms with E-state index in [0.29, 0.717) is 6.07 Å². The molecule has 0 bridgehead atoms. The Hall–Kier alpha value is -2.09. The third kappa shape index (κ3) is 3.97. The van der Waals surface area contributed by atoms with Crippen molar-refractivity contribution >= 4 is 27.3 Å². The third-order valence-corrected chi connectivity index (χ3v) is 3.45. The zero-order valence-corrected chi connectivity index (χ0v) is 12.6. The molecule has 2 aromatic carbocycles. The van der Waals surface area contributed by atoms with Gasteiger partial charge in [0.2, 0.25) is 0 Å². The lowest BCUT2D eigenvalue weighted by molar-refractivity contribution is -0.384. The van der Waals surface area contributed by atoms with Crippen LogP contribution in [0.3, 0.4) is 0 Å². The van der Waals surface area contributed by atoms with Crippen LogP contribution in [-0.2, 0) is 12.7 Å². The van der Waals surface area contributed by atoms with Gasteiger partial charge in [0.1, 0.15) is 5.69 Å². The first-order valence-electron chi connectivity index (χ1n) is 6.11. The molecule has 0 aliphatic carbocycles. The zero-order chi connectivity index (χ0) is 16.3. The largest absolute Gasteiger partial charge is 0.416 e.